The van der Waals surface area contributed by atoms with E-state index in [0.29, 0.717) is 0 Å². The second-order valence-electron chi connectivity index (χ2n) is 6.24. The van der Waals surface area contributed by atoms with Crippen molar-refractivity contribution in [3.8, 4) is 0 Å². The van der Waals surface area contributed by atoms with Crippen molar-refractivity contribution in [1.82, 2.24) is 9.55 Å². The average Bonchev–Trinajstić information content (AvgIpc) is 3.06. The fourth-order valence-electron chi connectivity index (χ4n) is 3.26. The first-order chi connectivity index (χ1) is 10.1. The van der Waals surface area contributed by atoms with Gasteiger partial charge in [-0.25, -0.2) is 4.98 Å². The van der Waals surface area contributed by atoms with Gasteiger partial charge < -0.3 is 15.0 Å². The molecule has 4 nitrogen and oxygen atoms in total. The molecule has 1 fully saturated rings. The molecule has 0 radical (unpaired) electrons. The van der Waals surface area contributed by atoms with E-state index in [2.05, 4.69) is 36.6 Å². The Balaban J connectivity index is 1.90. The number of imidazole rings is 1. The number of nitrogens with two attached hydrogens (primary N) is 1. The van der Waals surface area contributed by atoms with Gasteiger partial charge in [0.15, 0.2) is 0 Å². The normalized spacial score (nSPS) is 23.8. The van der Waals surface area contributed by atoms with E-state index < -0.39 is 0 Å². The van der Waals surface area contributed by atoms with E-state index in [1.165, 1.54) is 5.52 Å². The predicted octanol–water partition coefficient (Wildman–Crippen LogP) is 2.89. The Morgan fingerprint density at radius 2 is 2.24 bits per heavy atom. The fourth-order valence-corrected chi connectivity index (χ4v) is 3.26. The molecule has 2 heterocycles. The van der Waals surface area contributed by atoms with Crippen LogP contribution in [0, 0.1) is 0 Å². The Labute approximate surface area is 126 Å². The van der Waals surface area contributed by atoms with E-state index >= 15 is 0 Å². The van der Waals surface area contributed by atoms with Crippen molar-refractivity contribution < 1.29 is 4.74 Å². The molecular formula is C17H25N3O. The molecule has 0 amide bonds. The standard InChI is InChI=1S/C17H25N3O/c1-3-10-20-14-8-5-4-7-13(14)19-16(20)12-15(18)17(2)9-6-11-21-17/h4-5,7-8,15H,3,6,9-12,18H2,1-2H3. The number of aromatic nitrogens is 2. The molecule has 3 rings (SSSR count). The number of benzene rings is 1. The lowest BCUT2D eigenvalue weighted by Crippen LogP contribution is -2.47. The van der Waals surface area contributed by atoms with E-state index in [4.69, 9.17) is 15.5 Å². The van der Waals surface area contributed by atoms with E-state index in [-0.39, 0.29) is 11.6 Å². The Hall–Kier alpha value is -1.39. The molecular weight excluding hydrogens is 262 g/mol. The van der Waals surface area contributed by atoms with Gasteiger partial charge in [0.05, 0.1) is 16.6 Å². The topological polar surface area (TPSA) is 53.1 Å². The molecule has 4 heteroatoms. The largest absolute Gasteiger partial charge is 0.374 e. The van der Waals surface area contributed by atoms with Crippen LogP contribution in [0.5, 0.6) is 0 Å². The van der Waals surface area contributed by atoms with Gasteiger partial charge in [0.25, 0.3) is 0 Å². The van der Waals surface area contributed by atoms with E-state index in [0.717, 1.165) is 50.2 Å². The van der Waals surface area contributed by atoms with E-state index in [9.17, 15) is 0 Å². The van der Waals surface area contributed by atoms with Crippen LogP contribution in [0.2, 0.25) is 0 Å². The third-order valence-corrected chi connectivity index (χ3v) is 4.62. The Morgan fingerprint density at radius 1 is 1.43 bits per heavy atom. The number of aryl methyl sites for hydroxylation is 1. The monoisotopic (exact) mass is 287 g/mol. The van der Waals surface area contributed by atoms with Crippen LogP contribution in [-0.4, -0.2) is 27.8 Å². The molecule has 21 heavy (non-hydrogen) atoms. The molecule has 2 atom stereocenters. The Kier molecular flexibility index (Phi) is 4.00. The minimum absolute atomic E-state index is 0.00702. The van der Waals surface area contributed by atoms with Gasteiger partial charge in [-0.3, -0.25) is 0 Å². The fraction of sp³-hybridized carbons (Fsp3) is 0.588. The van der Waals surface area contributed by atoms with Gasteiger partial charge in [-0.1, -0.05) is 19.1 Å². The minimum Gasteiger partial charge on any atom is -0.374 e. The number of hydrogen-bond donors (Lipinski definition) is 1. The van der Waals surface area contributed by atoms with E-state index in [1.54, 1.807) is 0 Å². The number of nitrogens with zero attached hydrogens (tertiary/aromatic N) is 2. The smallest absolute Gasteiger partial charge is 0.111 e. The quantitative estimate of drug-likeness (QED) is 0.920. The van der Waals surface area contributed by atoms with Crippen LogP contribution >= 0.6 is 0 Å². The molecule has 0 spiro atoms. The van der Waals surface area contributed by atoms with Crippen LogP contribution in [0.1, 0.15) is 38.9 Å². The highest BCUT2D eigenvalue weighted by atomic mass is 16.5. The second kappa shape index (κ2) is 5.78. The number of para-hydroxylation sites is 2. The summed E-state index contributed by atoms with van der Waals surface area (Å²) in [7, 11) is 0. The van der Waals surface area contributed by atoms with Crippen LogP contribution in [0.25, 0.3) is 11.0 Å². The van der Waals surface area contributed by atoms with Gasteiger partial charge in [-0.15, -0.1) is 0 Å². The summed E-state index contributed by atoms with van der Waals surface area (Å²) in [5, 5.41) is 0. The molecule has 1 aromatic heterocycles. The van der Waals surface area contributed by atoms with Crippen LogP contribution in [0.3, 0.4) is 0 Å². The molecule has 2 aromatic rings. The van der Waals surface area contributed by atoms with Crippen LogP contribution < -0.4 is 5.73 Å². The van der Waals surface area contributed by atoms with Gasteiger partial charge in [0, 0.05) is 25.6 Å². The maximum atomic E-state index is 6.45. The number of rotatable bonds is 5. The zero-order valence-electron chi connectivity index (χ0n) is 13.0. The lowest BCUT2D eigenvalue weighted by atomic mass is 9.91. The van der Waals surface area contributed by atoms with Crippen molar-refractivity contribution in [3.05, 3.63) is 30.1 Å². The first-order valence-electron chi connectivity index (χ1n) is 7.98. The van der Waals surface area contributed by atoms with Gasteiger partial charge in [0.1, 0.15) is 5.82 Å². The Bertz CT molecular complexity index is 614. The summed E-state index contributed by atoms with van der Waals surface area (Å²) < 4.78 is 8.20. The lowest BCUT2D eigenvalue weighted by molar-refractivity contribution is -0.00151. The first-order valence-corrected chi connectivity index (χ1v) is 7.98. The second-order valence-corrected chi connectivity index (χ2v) is 6.24. The summed E-state index contributed by atoms with van der Waals surface area (Å²) in [4.78, 5) is 4.80. The summed E-state index contributed by atoms with van der Waals surface area (Å²) in [5.41, 5.74) is 8.52. The molecule has 1 saturated heterocycles. The van der Waals surface area contributed by atoms with Crippen LogP contribution in [-0.2, 0) is 17.7 Å². The van der Waals surface area contributed by atoms with Gasteiger partial charge >= 0.3 is 0 Å². The SMILES string of the molecule is CCCn1c(CC(N)C2(C)CCCO2)nc2ccccc21. The third kappa shape index (κ3) is 2.70. The summed E-state index contributed by atoms with van der Waals surface area (Å²) >= 11 is 0. The summed E-state index contributed by atoms with van der Waals surface area (Å²) in [5.74, 6) is 1.09. The molecule has 0 saturated carbocycles. The van der Waals surface area contributed by atoms with Crippen molar-refractivity contribution in [3.63, 3.8) is 0 Å². The van der Waals surface area contributed by atoms with Crippen LogP contribution in [0.4, 0.5) is 0 Å². The molecule has 0 bridgehead atoms. The maximum Gasteiger partial charge on any atom is 0.111 e. The Morgan fingerprint density at radius 3 is 2.95 bits per heavy atom. The lowest BCUT2D eigenvalue weighted by Gasteiger charge is -2.30. The van der Waals surface area contributed by atoms with Crippen molar-refractivity contribution in [1.29, 1.82) is 0 Å². The first kappa shape index (κ1) is 14.5. The average molecular weight is 287 g/mol. The van der Waals surface area contributed by atoms with Gasteiger partial charge in [-0.2, -0.15) is 0 Å². The molecule has 1 aliphatic rings. The highest BCUT2D eigenvalue weighted by Gasteiger charge is 2.36. The number of fused-ring (bicyclic) bond motifs is 1. The van der Waals surface area contributed by atoms with Crippen LogP contribution in [0.15, 0.2) is 24.3 Å². The highest BCUT2D eigenvalue weighted by molar-refractivity contribution is 5.75. The zero-order valence-corrected chi connectivity index (χ0v) is 13.0. The van der Waals surface area contributed by atoms with Crippen molar-refractivity contribution in [2.45, 2.75) is 57.7 Å². The molecule has 2 N–H and O–H groups in total. The third-order valence-electron chi connectivity index (χ3n) is 4.62. The number of hydrogen-bond acceptors (Lipinski definition) is 3. The molecule has 1 aliphatic heterocycles. The van der Waals surface area contributed by atoms with Crippen molar-refractivity contribution in [2.75, 3.05) is 6.61 Å². The molecule has 2 unspecified atom stereocenters. The zero-order chi connectivity index (χ0) is 14.9. The predicted molar refractivity (Wildman–Crippen MR) is 85.3 cm³/mol. The summed E-state index contributed by atoms with van der Waals surface area (Å²) in [6.45, 7) is 6.15. The summed E-state index contributed by atoms with van der Waals surface area (Å²) in [6.07, 6.45) is 4.01. The van der Waals surface area contributed by atoms with E-state index in [1.807, 2.05) is 6.07 Å². The number of ether oxygens (including phenoxy) is 1. The van der Waals surface area contributed by atoms with Crippen molar-refractivity contribution in [2.24, 2.45) is 5.73 Å². The summed E-state index contributed by atoms with van der Waals surface area (Å²) in [6, 6.07) is 8.32. The molecule has 0 aliphatic carbocycles. The highest BCUT2D eigenvalue weighted by Crippen LogP contribution is 2.29. The molecule has 1 aromatic carbocycles. The van der Waals surface area contributed by atoms with Gasteiger partial charge in [-0.05, 0) is 38.3 Å². The molecule has 114 valence electrons. The van der Waals surface area contributed by atoms with Gasteiger partial charge in [0.2, 0.25) is 0 Å². The maximum absolute atomic E-state index is 6.45. The minimum atomic E-state index is -0.199. The van der Waals surface area contributed by atoms with Crippen molar-refractivity contribution >= 4 is 11.0 Å².